The van der Waals surface area contributed by atoms with Crippen molar-refractivity contribution in [2.24, 2.45) is 0 Å². The van der Waals surface area contributed by atoms with Gasteiger partial charge in [-0.1, -0.05) is 35.3 Å². The van der Waals surface area contributed by atoms with Gasteiger partial charge in [-0.2, -0.15) is 0 Å². The third-order valence-corrected chi connectivity index (χ3v) is 6.20. The van der Waals surface area contributed by atoms with Crippen molar-refractivity contribution in [1.82, 2.24) is 9.88 Å². The first-order chi connectivity index (χ1) is 15.2. The first kappa shape index (κ1) is 22.0. The summed E-state index contributed by atoms with van der Waals surface area (Å²) in [5.74, 6) is -2.22. The number of aromatic nitrogens is 1. The van der Waals surface area contributed by atoms with Crippen LogP contribution >= 0.6 is 35.4 Å². The van der Waals surface area contributed by atoms with Crippen LogP contribution < -0.4 is 10.2 Å². The van der Waals surface area contributed by atoms with Gasteiger partial charge in [0.2, 0.25) is 0 Å². The lowest BCUT2D eigenvalue weighted by molar-refractivity contribution is -0.140. The molecule has 1 atom stereocenters. The minimum absolute atomic E-state index is 0.100. The summed E-state index contributed by atoms with van der Waals surface area (Å²) < 4.78 is 1.63. The summed E-state index contributed by atoms with van der Waals surface area (Å²) in [7, 11) is 0. The topological polar surface area (TPSA) is 91.6 Å². The Labute approximate surface area is 197 Å². The van der Waals surface area contributed by atoms with Crippen LogP contribution in [0.1, 0.15) is 18.5 Å². The smallest absolute Gasteiger partial charge is 0.326 e. The van der Waals surface area contributed by atoms with Crippen molar-refractivity contribution in [3.05, 3.63) is 69.8 Å². The number of carboxylic acid groups (broad SMARTS) is 1. The van der Waals surface area contributed by atoms with E-state index in [-0.39, 0.29) is 26.4 Å². The van der Waals surface area contributed by atoms with E-state index in [0.717, 1.165) is 15.8 Å². The summed E-state index contributed by atoms with van der Waals surface area (Å²) >= 11 is 17.5. The molecule has 4 rings (SSSR count). The average Bonchev–Trinajstić information content (AvgIpc) is 3.16. The zero-order valence-electron chi connectivity index (χ0n) is 16.5. The molecule has 1 aromatic heterocycles. The zero-order chi connectivity index (χ0) is 23.2. The van der Waals surface area contributed by atoms with Crippen molar-refractivity contribution in [1.29, 1.82) is 0 Å². The summed E-state index contributed by atoms with van der Waals surface area (Å²) in [5.41, 5.74) is 1.43. The number of hydrogen-bond acceptors (Lipinski definition) is 4. The number of benzene rings is 2. The quantitative estimate of drug-likeness (QED) is 0.322. The van der Waals surface area contributed by atoms with Crippen LogP contribution in [0.4, 0.5) is 5.69 Å². The van der Waals surface area contributed by atoms with Crippen LogP contribution in [0.3, 0.4) is 0 Å². The lowest BCUT2D eigenvalue weighted by Gasteiger charge is -2.29. The summed E-state index contributed by atoms with van der Waals surface area (Å²) in [6.07, 6.45) is 3.13. The van der Waals surface area contributed by atoms with E-state index in [1.165, 1.54) is 6.08 Å². The van der Waals surface area contributed by atoms with Gasteiger partial charge in [0.1, 0.15) is 11.6 Å². The van der Waals surface area contributed by atoms with Crippen molar-refractivity contribution in [3.8, 4) is 0 Å². The van der Waals surface area contributed by atoms with E-state index in [9.17, 15) is 19.5 Å². The van der Waals surface area contributed by atoms with Crippen molar-refractivity contribution in [2.75, 3.05) is 4.90 Å². The number of hydrogen-bond donors (Lipinski definition) is 2. The normalized spacial score (nSPS) is 16.5. The van der Waals surface area contributed by atoms with Gasteiger partial charge in [0.05, 0.1) is 15.7 Å². The monoisotopic (exact) mass is 487 g/mol. The zero-order valence-corrected chi connectivity index (χ0v) is 18.8. The van der Waals surface area contributed by atoms with E-state index < -0.39 is 23.8 Å². The van der Waals surface area contributed by atoms with Crippen molar-refractivity contribution >= 4 is 81.0 Å². The van der Waals surface area contributed by atoms with Crippen LogP contribution in [-0.2, 0) is 14.4 Å². The Bertz CT molecular complexity index is 1350. The number of thiocarbonyl (C=S) groups is 1. The van der Waals surface area contributed by atoms with Gasteiger partial charge in [-0.3, -0.25) is 19.8 Å². The number of carboxylic acids is 1. The SMILES string of the molecule is C[C@@H](C(=O)O)n1ccc2cc(/C=C3\C(=O)NC(=S)N(c4cccc(Cl)c4Cl)C3=O)ccc21. The fraction of sp³-hybridized carbons (Fsp3) is 0.0909. The fourth-order valence-electron chi connectivity index (χ4n) is 3.44. The maximum Gasteiger partial charge on any atom is 0.326 e. The molecule has 0 radical (unpaired) electrons. The Morgan fingerprint density at radius 2 is 1.94 bits per heavy atom. The van der Waals surface area contributed by atoms with Gasteiger partial charge in [0.15, 0.2) is 5.11 Å². The molecule has 0 spiro atoms. The fourth-order valence-corrected chi connectivity index (χ4v) is 4.09. The molecule has 2 aromatic carbocycles. The molecule has 0 aliphatic carbocycles. The van der Waals surface area contributed by atoms with Gasteiger partial charge in [-0.05, 0) is 61.1 Å². The number of amides is 2. The van der Waals surface area contributed by atoms with Gasteiger partial charge in [0, 0.05) is 17.1 Å². The number of nitrogens with zero attached hydrogens (tertiary/aromatic N) is 2. The number of halogens is 2. The van der Waals surface area contributed by atoms with Crippen LogP contribution in [0.5, 0.6) is 0 Å². The van der Waals surface area contributed by atoms with Crippen LogP contribution in [0, 0.1) is 0 Å². The van der Waals surface area contributed by atoms with E-state index in [4.69, 9.17) is 35.4 Å². The molecule has 10 heteroatoms. The van der Waals surface area contributed by atoms with E-state index in [2.05, 4.69) is 5.32 Å². The Kier molecular flexibility index (Phi) is 5.77. The molecule has 2 heterocycles. The molecule has 32 heavy (non-hydrogen) atoms. The second-order valence-electron chi connectivity index (χ2n) is 7.09. The first-order valence-electron chi connectivity index (χ1n) is 9.38. The first-order valence-corrected chi connectivity index (χ1v) is 10.5. The molecule has 1 aliphatic heterocycles. The Morgan fingerprint density at radius 1 is 1.19 bits per heavy atom. The molecule has 3 aromatic rings. The van der Waals surface area contributed by atoms with Crippen molar-refractivity contribution < 1.29 is 19.5 Å². The number of rotatable bonds is 4. The van der Waals surface area contributed by atoms with Crippen LogP contribution in [-0.4, -0.2) is 32.6 Å². The molecule has 1 fully saturated rings. The highest BCUT2D eigenvalue weighted by molar-refractivity contribution is 7.80. The molecule has 7 nitrogen and oxygen atoms in total. The number of aliphatic carboxylic acids is 1. The number of anilines is 1. The lowest BCUT2D eigenvalue weighted by Crippen LogP contribution is -2.54. The second-order valence-corrected chi connectivity index (χ2v) is 8.26. The van der Waals surface area contributed by atoms with Gasteiger partial charge in [-0.15, -0.1) is 0 Å². The molecular weight excluding hydrogens is 473 g/mol. The maximum atomic E-state index is 13.2. The summed E-state index contributed by atoms with van der Waals surface area (Å²) in [5, 5.41) is 12.8. The molecule has 1 saturated heterocycles. The predicted molar refractivity (Wildman–Crippen MR) is 127 cm³/mol. The van der Waals surface area contributed by atoms with Crippen molar-refractivity contribution in [2.45, 2.75) is 13.0 Å². The van der Waals surface area contributed by atoms with Gasteiger partial charge < -0.3 is 9.67 Å². The van der Waals surface area contributed by atoms with E-state index in [1.807, 2.05) is 0 Å². The second kappa shape index (κ2) is 8.38. The minimum Gasteiger partial charge on any atom is -0.480 e. The molecule has 0 bridgehead atoms. The van der Waals surface area contributed by atoms with Crippen LogP contribution in [0.2, 0.25) is 10.0 Å². The molecule has 1 aliphatic rings. The number of carbonyl (C=O) groups excluding carboxylic acids is 2. The standard InChI is InChI=1S/C22H15Cl2N3O4S/c1-11(21(30)31)26-8-7-13-9-12(5-6-16(13)26)10-14-19(28)25-22(32)27(20(14)29)17-4-2-3-15(23)18(17)24/h2-11H,1H3,(H,30,31)(H,25,28,32)/b14-10+/t11-/m0/s1. The molecular formula is C22H15Cl2N3O4S. The minimum atomic E-state index is -0.950. The summed E-state index contributed by atoms with van der Waals surface area (Å²) in [4.78, 5) is 38.2. The number of fused-ring (bicyclic) bond motifs is 1. The molecule has 2 N–H and O–H groups in total. The third kappa shape index (κ3) is 3.77. The molecule has 0 saturated carbocycles. The average molecular weight is 488 g/mol. The van der Waals surface area contributed by atoms with Crippen molar-refractivity contribution in [3.63, 3.8) is 0 Å². The van der Waals surface area contributed by atoms with Crippen LogP contribution in [0.25, 0.3) is 17.0 Å². The number of carbonyl (C=O) groups is 3. The highest BCUT2D eigenvalue weighted by atomic mass is 35.5. The largest absolute Gasteiger partial charge is 0.480 e. The lowest BCUT2D eigenvalue weighted by atomic mass is 10.1. The molecule has 2 amide bonds. The van der Waals surface area contributed by atoms with Gasteiger partial charge in [-0.25, -0.2) is 4.79 Å². The highest BCUT2D eigenvalue weighted by Gasteiger charge is 2.35. The molecule has 162 valence electrons. The summed E-state index contributed by atoms with van der Waals surface area (Å²) in [6.45, 7) is 1.58. The highest BCUT2D eigenvalue weighted by Crippen LogP contribution is 2.34. The Morgan fingerprint density at radius 3 is 2.66 bits per heavy atom. The van der Waals surface area contributed by atoms with Gasteiger partial charge >= 0.3 is 5.97 Å². The van der Waals surface area contributed by atoms with E-state index in [0.29, 0.717) is 5.56 Å². The number of nitrogens with one attached hydrogen (secondary N) is 1. The molecule has 0 unspecified atom stereocenters. The van der Waals surface area contributed by atoms with Crippen LogP contribution in [0.15, 0.2) is 54.2 Å². The summed E-state index contributed by atoms with van der Waals surface area (Å²) in [6, 6.07) is 11.0. The van der Waals surface area contributed by atoms with E-state index in [1.54, 1.807) is 60.2 Å². The maximum absolute atomic E-state index is 13.2. The van der Waals surface area contributed by atoms with Gasteiger partial charge in [0.25, 0.3) is 11.8 Å². The Hall–Kier alpha value is -3.20. The predicted octanol–water partition coefficient (Wildman–Crippen LogP) is 4.43. The Balaban J connectivity index is 1.74. The third-order valence-electron chi connectivity index (χ3n) is 5.10. The van der Waals surface area contributed by atoms with E-state index >= 15 is 0 Å².